The van der Waals surface area contributed by atoms with Crippen molar-refractivity contribution < 1.29 is 18.7 Å². The van der Waals surface area contributed by atoms with Gasteiger partial charge >= 0.3 is 0 Å². The predicted octanol–water partition coefficient (Wildman–Crippen LogP) is 4.12. The number of hydrogen-bond donors (Lipinski definition) is 2. The summed E-state index contributed by atoms with van der Waals surface area (Å²) in [6, 6.07) is 12.2. The minimum Gasteiger partial charge on any atom is -0.481 e. The number of halogens is 1. The summed E-state index contributed by atoms with van der Waals surface area (Å²) in [7, 11) is 0. The van der Waals surface area contributed by atoms with Gasteiger partial charge in [0.2, 0.25) is 5.91 Å². The Kier molecular flexibility index (Phi) is 9.25. The Labute approximate surface area is 208 Å². The number of ether oxygens (including phenoxy) is 1. The van der Waals surface area contributed by atoms with Gasteiger partial charge in [0, 0.05) is 17.8 Å². The van der Waals surface area contributed by atoms with Crippen LogP contribution >= 0.6 is 11.8 Å². The average Bonchev–Trinajstić information content (AvgIpc) is 3.26. The normalized spacial score (nSPS) is 11.7. The summed E-state index contributed by atoms with van der Waals surface area (Å²) >= 11 is 1.22. The third-order valence-electron chi connectivity index (χ3n) is 5.42. The van der Waals surface area contributed by atoms with Crippen LogP contribution in [0.2, 0.25) is 0 Å². The van der Waals surface area contributed by atoms with E-state index in [4.69, 9.17) is 4.74 Å². The Morgan fingerprint density at radius 3 is 2.57 bits per heavy atom. The second-order valence-electron chi connectivity index (χ2n) is 7.87. The molecule has 1 atom stereocenters. The van der Waals surface area contributed by atoms with E-state index in [-0.39, 0.29) is 29.9 Å². The first-order valence-corrected chi connectivity index (χ1v) is 12.4. The maximum Gasteiger partial charge on any atom is 0.261 e. The zero-order chi connectivity index (χ0) is 25.4. The van der Waals surface area contributed by atoms with E-state index in [0.717, 1.165) is 6.42 Å². The van der Waals surface area contributed by atoms with Crippen LogP contribution in [0.4, 0.5) is 10.1 Å². The number of amides is 2. The summed E-state index contributed by atoms with van der Waals surface area (Å²) in [6.45, 7) is 8.06. The Balaban J connectivity index is 1.52. The number of carbonyl (C=O) groups excluding carboxylic acids is 2. The summed E-state index contributed by atoms with van der Waals surface area (Å²) in [5.74, 6) is 0.372. The highest BCUT2D eigenvalue weighted by Gasteiger charge is 2.18. The molecule has 0 unspecified atom stereocenters. The molecule has 8 nitrogen and oxygen atoms in total. The molecule has 0 saturated heterocycles. The molecular formula is C25H30FN5O3S. The minimum atomic E-state index is -0.677. The van der Waals surface area contributed by atoms with E-state index in [9.17, 15) is 14.0 Å². The number of benzene rings is 2. The van der Waals surface area contributed by atoms with Gasteiger partial charge < -0.3 is 19.9 Å². The first-order chi connectivity index (χ1) is 16.8. The first kappa shape index (κ1) is 26.2. The standard InChI is InChI=1S/C25H30FN5O3S/c1-5-18-10-12-19(13-11-18)34-17(4)24(33)27-14-22-29-30-25(31(22)6-2)35-15-23(32)28-21-9-7-8-20(26)16(21)3/h7-13,17H,5-6,14-15H2,1-4H3,(H,27,33)(H,28,32)/t17-/m1/s1. The number of aryl methyl sites for hydroxylation is 1. The summed E-state index contributed by atoms with van der Waals surface area (Å²) in [5.41, 5.74) is 2.02. The van der Waals surface area contributed by atoms with Crippen molar-refractivity contribution in [3.63, 3.8) is 0 Å². The van der Waals surface area contributed by atoms with Crippen LogP contribution < -0.4 is 15.4 Å². The van der Waals surface area contributed by atoms with Crippen molar-refractivity contribution in [1.29, 1.82) is 0 Å². The van der Waals surface area contributed by atoms with Crippen molar-refractivity contribution in [2.24, 2.45) is 0 Å². The molecule has 0 aliphatic carbocycles. The summed E-state index contributed by atoms with van der Waals surface area (Å²) < 4.78 is 21.2. The molecule has 186 valence electrons. The van der Waals surface area contributed by atoms with E-state index in [1.165, 1.54) is 23.4 Å². The maximum absolute atomic E-state index is 13.7. The second kappa shape index (κ2) is 12.3. The Bertz CT molecular complexity index is 1170. The van der Waals surface area contributed by atoms with Gasteiger partial charge in [0.05, 0.1) is 12.3 Å². The molecule has 0 saturated carbocycles. The van der Waals surface area contributed by atoms with E-state index in [0.29, 0.717) is 34.5 Å². The number of nitrogens with one attached hydrogen (secondary N) is 2. The van der Waals surface area contributed by atoms with Crippen molar-refractivity contribution in [3.8, 4) is 5.75 Å². The highest BCUT2D eigenvalue weighted by Crippen LogP contribution is 2.20. The SMILES string of the molecule is CCc1ccc(O[C@H](C)C(=O)NCc2nnc(SCC(=O)Nc3cccc(F)c3C)n2CC)cc1. The number of anilines is 1. The topological polar surface area (TPSA) is 98.1 Å². The van der Waals surface area contributed by atoms with Crippen LogP contribution in [0.5, 0.6) is 5.75 Å². The molecule has 1 aromatic heterocycles. The van der Waals surface area contributed by atoms with Crippen LogP contribution in [0.1, 0.15) is 37.7 Å². The van der Waals surface area contributed by atoms with E-state index in [1.807, 2.05) is 35.8 Å². The maximum atomic E-state index is 13.7. The lowest BCUT2D eigenvalue weighted by Gasteiger charge is -2.15. The van der Waals surface area contributed by atoms with Crippen molar-refractivity contribution in [2.45, 2.75) is 58.5 Å². The van der Waals surface area contributed by atoms with Gasteiger partial charge in [0.1, 0.15) is 11.6 Å². The van der Waals surface area contributed by atoms with Crippen LogP contribution in [-0.4, -0.2) is 38.4 Å². The molecule has 2 aromatic carbocycles. The quantitative estimate of drug-likeness (QED) is 0.385. The van der Waals surface area contributed by atoms with Gasteiger partial charge in [-0.05, 0) is 57.0 Å². The molecule has 1 heterocycles. The highest BCUT2D eigenvalue weighted by molar-refractivity contribution is 7.99. The van der Waals surface area contributed by atoms with Gasteiger partial charge in [0.15, 0.2) is 17.1 Å². The molecule has 3 rings (SSSR count). The van der Waals surface area contributed by atoms with Crippen LogP contribution in [0.3, 0.4) is 0 Å². The van der Waals surface area contributed by atoms with Crippen molar-refractivity contribution in [3.05, 3.63) is 65.2 Å². The van der Waals surface area contributed by atoms with E-state index < -0.39 is 6.10 Å². The Morgan fingerprint density at radius 2 is 1.89 bits per heavy atom. The van der Waals surface area contributed by atoms with Crippen LogP contribution in [-0.2, 0) is 29.1 Å². The fourth-order valence-corrected chi connectivity index (χ4v) is 4.13. The molecule has 10 heteroatoms. The molecule has 2 N–H and O–H groups in total. The molecule has 35 heavy (non-hydrogen) atoms. The van der Waals surface area contributed by atoms with Crippen molar-refractivity contribution in [2.75, 3.05) is 11.1 Å². The third-order valence-corrected chi connectivity index (χ3v) is 6.39. The lowest BCUT2D eigenvalue weighted by molar-refractivity contribution is -0.127. The average molecular weight is 500 g/mol. The molecule has 2 amide bonds. The van der Waals surface area contributed by atoms with Crippen LogP contribution in [0.15, 0.2) is 47.6 Å². The van der Waals surface area contributed by atoms with Gasteiger partial charge in [-0.3, -0.25) is 9.59 Å². The second-order valence-corrected chi connectivity index (χ2v) is 8.81. The van der Waals surface area contributed by atoms with Gasteiger partial charge in [-0.2, -0.15) is 0 Å². The Hall–Kier alpha value is -3.40. The molecule has 0 radical (unpaired) electrons. The minimum absolute atomic E-state index is 0.0855. The molecule has 0 bridgehead atoms. The zero-order valence-electron chi connectivity index (χ0n) is 20.3. The third kappa shape index (κ3) is 7.05. The number of thioether (sulfide) groups is 1. The summed E-state index contributed by atoms with van der Waals surface area (Å²) in [5, 5.41) is 14.4. The molecule has 0 fully saturated rings. The lowest BCUT2D eigenvalue weighted by atomic mass is 10.2. The summed E-state index contributed by atoms with van der Waals surface area (Å²) in [6.07, 6.45) is 0.260. The number of aromatic nitrogens is 3. The van der Waals surface area contributed by atoms with Gasteiger partial charge in [-0.25, -0.2) is 4.39 Å². The van der Waals surface area contributed by atoms with E-state index >= 15 is 0 Å². The number of hydrogen-bond acceptors (Lipinski definition) is 6. The number of nitrogens with zero attached hydrogens (tertiary/aromatic N) is 3. The van der Waals surface area contributed by atoms with E-state index in [1.54, 1.807) is 26.0 Å². The lowest BCUT2D eigenvalue weighted by Crippen LogP contribution is -2.36. The van der Waals surface area contributed by atoms with Crippen LogP contribution in [0.25, 0.3) is 0 Å². The summed E-state index contributed by atoms with van der Waals surface area (Å²) in [4.78, 5) is 24.9. The smallest absolute Gasteiger partial charge is 0.261 e. The zero-order valence-corrected chi connectivity index (χ0v) is 21.1. The van der Waals surface area contributed by atoms with Crippen LogP contribution in [0, 0.1) is 12.7 Å². The van der Waals surface area contributed by atoms with Crippen molar-refractivity contribution >= 4 is 29.3 Å². The predicted molar refractivity (Wildman–Crippen MR) is 134 cm³/mol. The fourth-order valence-electron chi connectivity index (χ4n) is 3.30. The molecule has 0 aliphatic rings. The molecule has 3 aromatic rings. The molecule has 0 spiro atoms. The van der Waals surface area contributed by atoms with E-state index in [2.05, 4.69) is 27.8 Å². The highest BCUT2D eigenvalue weighted by atomic mass is 32.2. The number of rotatable bonds is 11. The monoisotopic (exact) mass is 499 g/mol. The molecular weight excluding hydrogens is 469 g/mol. The largest absolute Gasteiger partial charge is 0.481 e. The fraction of sp³-hybridized carbons (Fsp3) is 0.360. The number of carbonyl (C=O) groups is 2. The van der Waals surface area contributed by atoms with Gasteiger partial charge in [0.25, 0.3) is 5.91 Å². The first-order valence-electron chi connectivity index (χ1n) is 11.5. The van der Waals surface area contributed by atoms with Gasteiger partial charge in [-0.15, -0.1) is 10.2 Å². The van der Waals surface area contributed by atoms with Gasteiger partial charge in [-0.1, -0.05) is 36.9 Å². The van der Waals surface area contributed by atoms with Crippen molar-refractivity contribution in [1.82, 2.24) is 20.1 Å². The molecule has 0 aliphatic heterocycles. The Morgan fingerprint density at radius 1 is 1.14 bits per heavy atom.